The van der Waals surface area contributed by atoms with Crippen molar-refractivity contribution < 1.29 is 9.47 Å². The second-order valence-corrected chi connectivity index (χ2v) is 7.44. The molecule has 2 heterocycles. The minimum atomic E-state index is 0.271. The average Bonchev–Trinajstić information content (AvgIpc) is 3.06. The quantitative estimate of drug-likeness (QED) is 0.806. The molecular weight excluding hydrogens is 310 g/mol. The molecular formula is C22H25NO2. The van der Waals surface area contributed by atoms with Crippen molar-refractivity contribution in [2.24, 2.45) is 10.9 Å². The first-order valence-electron chi connectivity index (χ1n) is 9.18. The van der Waals surface area contributed by atoms with Crippen LogP contribution in [0.3, 0.4) is 0 Å². The minimum Gasteiger partial charge on any atom is -0.454 e. The first-order chi connectivity index (χ1) is 12.1. The van der Waals surface area contributed by atoms with E-state index in [-0.39, 0.29) is 5.92 Å². The Labute approximate surface area is 149 Å². The molecule has 1 atom stereocenters. The number of rotatable bonds is 4. The van der Waals surface area contributed by atoms with Gasteiger partial charge in [-0.15, -0.1) is 0 Å². The molecule has 0 radical (unpaired) electrons. The Morgan fingerprint density at radius 2 is 1.72 bits per heavy atom. The van der Waals surface area contributed by atoms with Gasteiger partial charge in [-0.3, -0.25) is 4.99 Å². The molecule has 0 saturated carbocycles. The van der Waals surface area contributed by atoms with Crippen molar-refractivity contribution in [3.05, 3.63) is 58.7 Å². The molecule has 0 amide bonds. The normalized spacial score (nSPS) is 16.6. The summed E-state index contributed by atoms with van der Waals surface area (Å²) in [5.74, 6) is 2.66. The molecule has 3 heteroatoms. The highest BCUT2D eigenvalue weighted by Gasteiger charge is 2.25. The molecule has 130 valence electrons. The van der Waals surface area contributed by atoms with Crippen LogP contribution < -0.4 is 9.47 Å². The van der Waals surface area contributed by atoms with E-state index in [4.69, 9.17) is 14.5 Å². The third kappa shape index (κ3) is 3.15. The van der Waals surface area contributed by atoms with Crippen LogP contribution in [-0.4, -0.2) is 19.0 Å². The maximum Gasteiger partial charge on any atom is 0.231 e. The molecule has 0 spiro atoms. The lowest BCUT2D eigenvalue weighted by atomic mass is 9.86. The van der Waals surface area contributed by atoms with E-state index >= 15 is 0 Å². The minimum absolute atomic E-state index is 0.271. The first-order valence-corrected chi connectivity index (χ1v) is 9.18. The van der Waals surface area contributed by atoms with Crippen molar-refractivity contribution in [1.82, 2.24) is 0 Å². The Hall–Kier alpha value is -2.29. The summed E-state index contributed by atoms with van der Waals surface area (Å²) in [6, 6.07) is 13.3. The monoisotopic (exact) mass is 335 g/mol. The summed E-state index contributed by atoms with van der Waals surface area (Å²) in [7, 11) is 0. The van der Waals surface area contributed by atoms with Crippen molar-refractivity contribution in [2.45, 2.75) is 39.5 Å². The molecule has 0 N–H and O–H groups in total. The lowest BCUT2D eigenvalue weighted by Gasteiger charge is -2.23. The molecule has 0 aromatic heterocycles. The second kappa shape index (κ2) is 6.55. The highest BCUT2D eigenvalue weighted by atomic mass is 16.7. The molecule has 25 heavy (non-hydrogen) atoms. The number of hydrogen-bond acceptors (Lipinski definition) is 3. The van der Waals surface area contributed by atoms with Crippen molar-refractivity contribution in [2.75, 3.05) is 13.3 Å². The zero-order chi connectivity index (χ0) is 17.4. The summed E-state index contributed by atoms with van der Waals surface area (Å²) in [6.45, 7) is 7.92. The summed E-state index contributed by atoms with van der Waals surface area (Å²) in [5, 5.41) is 0. The number of hydrogen-bond donors (Lipinski definition) is 0. The zero-order valence-electron chi connectivity index (χ0n) is 15.2. The summed E-state index contributed by atoms with van der Waals surface area (Å²) in [6.07, 6.45) is 2.09. The summed E-state index contributed by atoms with van der Waals surface area (Å²) in [4.78, 5) is 4.86. The van der Waals surface area contributed by atoms with Gasteiger partial charge in [0.2, 0.25) is 6.79 Å². The van der Waals surface area contributed by atoms with Crippen LogP contribution in [0.25, 0.3) is 0 Å². The molecule has 2 aliphatic heterocycles. The fraction of sp³-hybridized carbons (Fsp3) is 0.409. The highest BCUT2D eigenvalue weighted by Crippen LogP contribution is 2.38. The van der Waals surface area contributed by atoms with E-state index in [9.17, 15) is 0 Å². The fourth-order valence-corrected chi connectivity index (χ4v) is 3.75. The molecule has 0 fully saturated rings. The Balaban J connectivity index is 1.63. The van der Waals surface area contributed by atoms with Gasteiger partial charge in [0.25, 0.3) is 0 Å². The van der Waals surface area contributed by atoms with Crippen LogP contribution >= 0.6 is 0 Å². The molecule has 0 bridgehead atoms. The Kier molecular flexibility index (Phi) is 4.24. The molecule has 0 unspecified atom stereocenters. The molecule has 0 saturated heterocycles. The van der Waals surface area contributed by atoms with Crippen molar-refractivity contribution >= 4 is 5.71 Å². The van der Waals surface area contributed by atoms with Gasteiger partial charge in [-0.1, -0.05) is 45.0 Å². The van der Waals surface area contributed by atoms with Gasteiger partial charge in [-0.25, -0.2) is 0 Å². The largest absolute Gasteiger partial charge is 0.454 e. The smallest absolute Gasteiger partial charge is 0.231 e. The van der Waals surface area contributed by atoms with Gasteiger partial charge in [0, 0.05) is 23.7 Å². The van der Waals surface area contributed by atoms with Gasteiger partial charge in [-0.2, -0.15) is 0 Å². The standard InChI is InChI=1S/C22H25NO2/c1-14(2)10-16-4-6-17(7-5-16)15(3)22-19-12-21-20(24-13-25-21)11-18(19)8-9-23-22/h4-7,11-12,14-15H,8-10,13H2,1-3H3/t15-/m1/s1. The van der Waals surface area contributed by atoms with Crippen LogP contribution in [0.15, 0.2) is 41.4 Å². The van der Waals surface area contributed by atoms with Crippen molar-refractivity contribution in [3.8, 4) is 11.5 Å². The number of benzene rings is 2. The van der Waals surface area contributed by atoms with Gasteiger partial charge >= 0.3 is 0 Å². The molecule has 3 nitrogen and oxygen atoms in total. The Bertz CT molecular complexity index is 806. The van der Waals surface area contributed by atoms with Gasteiger partial charge in [0.05, 0.1) is 0 Å². The Morgan fingerprint density at radius 3 is 2.44 bits per heavy atom. The predicted molar refractivity (Wildman–Crippen MR) is 101 cm³/mol. The third-order valence-corrected chi connectivity index (χ3v) is 5.07. The lowest BCUT2D eigenvalue weighted by molar-refractivity contribution is 0.174. The SMILES string of the molecule is CC(C)Cc1ccc([C@@H](C)C2=NCCc3cc4c(cc32)OCO4)cc1. The molecule has 0 aliphatic carbocycles. The number of ether oxygens (including phenoxy) is 2. The van der Waals surface area contributed by atoms with Crippen LogP contribution in [0.2, 0.25) is 0 Å². The van der Waals surface area contributed by atoms with Crippen LogP contribution in [-0.2, 0) is 12.8 Å². The predicted octanol–water partition coefficient (Wildman–Crippen LogP) is 4.76. The number of nitrogens with zero attached hydrogens (tertiary/aromatic N) is 1. The van der Waals surface area contributed by atoms with Crippen LogP contribution in [0, 0.1) is 5.92 Å². The molecule has 4 rings (SSSR count). The summed E-state index contributed by atoms with van der Waals surface area (Å²) < 4.78 is 11.1. The van der Waals surface area contributed by atoms with Crippen LogP contribution in [0.4, 0.5) is 0 Å². The maximum atomic E-state index is 5.57. The van der Waals surface area contributed by atoms with E-state index in [1.165, 1.54) is 22.3 Å². The van der Waals surface area contributed by atoms with E-state index in [0.717, 1.165) is 36.6 Å². The fourth-order valence-electron chi connectivity index (χ4n) is 3.75. The van der Waals surface area contributed by atoms with E-state index in [1.807, 2.05) is 0 Å². The lowest BCUT2D eigenvalue weighted by Crippen LogP contribution is -2.18. The average molecular weight is 335 g/mol. The van der Waals surface area contributed by atoms with Crippen molar-refractivity contribution in [3.63, 3.8) is 0 Å². The topological polar surface area (TPSA) is 30.8 Å². The summed E-state index contributed by atoms with van der Waals surface area (Å²) in [5.41, 5.74) is 6.42. The summed E-state index contributed by atoms with van der Waals surface area (Å²) >= 11 is 0. The van der Waals surface area contributed by atoms with Crippen LogP contribution in [0.1, 0.15) is 48.9 Å². The van der Waals surface area contributed by atoms with E-state index in [0.29, 0.717) is 12.7 Å². The van der Waals surface area contributed by atoms with Gasteiger partial charge < -0.3 is 9.47 Å². The van der Waals surface area contributed by atoms with Gasteiger partial charge in [-0.05, 0) is 47.6 Å². The van der Waals surface area contributed by atoms with Gasteiger partial charge in [0.1, 0.15) is 0 Å². The number of fused-ring (bicyclic) bond motifs is 2. The van der Waals surface area contributed by atoms with E-state index < -0.39 is 0 Å². The number of aliphatic imine (C=N–C) groups is 1. The molecule has 2 aliphatic rings. The third-order valence-electron chi connectivity index (χ3n) is 5.07. The Morgan fingerprint density at radius 1 is 1.00 bits per heavy atom. The highest BCUT2D eigenvalue weighted by molar-refractivity contribution is 6.07. The van der Waals surface area contributed by atoms with E-state index in [2.05, 4.69) is 57.2 Å². The van der Waals surface area contributed by atoms with Gasteiger partial charge in [0.15, 0.2) is 11.5 Å². The van der Waals surface area contributed by atoms with Crippen molar-refractivity contribution in [1.29, 1.82) is 0 Å². The van der Waals surface area contributed by atoms with E-state index in [1.54, 1.807) is 0 Å². The first kappa shape index (κ1) is 16.2. The maximum absolute atomic E-state index is 5.57. The molecule has 2 aromatic rings. The van der Waals surface area contributed by atoms with Crippen LogP contribution in [0.5, 0.6) is 11.5 Å². The molecule has 2 aromatic carbocycles. The second-order valence-electron chi connectivity index (χ2n) is 7.44. The zero-order valence-corrected chi connectivity index (χ0v) is 15.2.